The Labute approximate surface area is 199 Å². The standard InChI is InChI=1S/C26H30N2O4S/c1-30-23-7-5-4-6-22(23)26(29)28(21-8-9-24(31-2)25(16-21)32-3)20-10-13-27(14-11-20)17-19-12-15-33-18-19/h4-9,12,15-16,18,20H,10-11,13-14,17H2,1-3H3. The highest BCUT2D eigenvalue weighted by Crippen LogP contribution is 2.35. The van der Waals surface area contributed by atoms with Crippen LogP contribution in [-0.2, 0) is 6.54 Å². The average molecular weight is 467 g/mol. The molecular weight excluding hydrogens is 436 g/mol. The number of likely N-dealkylation sites (tertiary alicyclic amines) is 1. The Morgan fingerprint density at radius 1 is 0.970 bits per heavy atom. The Balaban J connectivity index is 1.63. The van der Waals surface area contributed by atoms with Crippen LogP contribution < -0.4 is 19.1 Å². The van der Waals surface area contributed by atoms with E-state index >= 15 is 0 Å². The topological polar surface area (TPSA) is 51.2 Å². The molecule has 1 amide bonds. The van der Waals surface area contributed by atoms with Gasteiger partial charge in [0.2, 0.25) is 0 Å². The molecule has 33 heavy (non-hydrogen) atoms. The summed E-state index contributed by atoms with van der Waals surface area (Å²) in [5, 5.41) is 4.32. The zero-order valence-corrected chi connectivity index (χ0v) is 20.1. The van der Waals surface area contributed by atoms with Crippen molar-refractivity contribution in [1.29, 1.82) is 0 Å². The second kappa shape index (κ2) is 10.7. The van der Waals surface area contributed by atoms with E-state index in [2.05, 4.69) is 21.7 Å². The van der Waals surface area contributed by atoms with E-state index in [-0.39, 0.29) is 11.9 Å². The van der Waals surface area contributed by atoms with Crippen LogP contribution >= 0.6 is 11.3 Å². The third-order valence-corrected chi connectivity index (χ3v) is 6.84. The number of hydrogen-bond donors (Lipinski definition) is 0. The number of amides is 1. The number of methoxy groups -OCH3 is 3. The monoisotopic (exact) mass is 466 g/mol. The van der Waals surface area contributed by atoms with Gasteiger partial charge in [-0.2, -0.15) is 11.3 Å². The summed E-state index contributed by atoms with van der Waals surface area (Å²) >= 11 is 1.73. The summed E-state index contributed by atoms with van der Waals surface area (Å²) < 4.78 is 16.4. The van der Waals surface area contributed by atoms with Crippen LogP contribution in [0.5, 0.6) is 17.2 Å². The fraction of sp³-hybridized carbons (Fsp3) is 0.346. The van der Waals surface area contributed by atoms with Crippen molar-refractivity contribution in [3.63, 3.8) is 0 Å². The van der Waals surface area contributed by atoms with Crippen LogP contribution in [0.25, 0.3) is 0 Å². The average Bonchev–Trinajstić information content (AvgIpc) is 3.38. The smallest absolute Gasteiger partial charge is 0.262 e. The van der Waals surface area contributed by atoms with Crippen LogP contribution in [0.2, 0.25) is 0 Å². The van der Waals surface area contributed by atoms with Gasteiger partial charge in [0.15, 0.2) is 11.5 Å². The van der Waals surface area contributed by atoms with E-state index in [1.165, 1.54) is 5.56 Å². The van der Waals surface area contributed by atoms with Gasteiger partial charge in [0.25, 0.3) is 5.91 Å². The van der Waals surface area contributed by atoms with Gasteiger partial charge in [0.1, 0.15) is 5.75 Å². The maximum atomic E-state index is 13.9. The highest BCUT2D eigenvalue weighted by atomic mass is 32.1. The number of ether oxygens (including phenoxy) is 3. The zero-order chi connectivity index (χ0) is 23.2. The predicted octanol–water partition coefficient (Wildman–Crippen LogP) is 5.09. The Kier molecular flexibility index (Phi) is 7.52. The Morgan fingerprint density at radius 2 is 1.70 bits per heavy atom. The molecule has 6 nitrogen and oxygen atoms in total. The molecule has 3 aromatic rings. The minimum Gasteiger partial charge on any atom is -0.496 e. The molecule has 0 radical (unpaired) electrons. The third kappa shape index (κ3) is 5.15. The molecule has 1 fully saturated rings. The summed E-state index contributed by atoms with van der Waals surface area (Å²) in [6, 6.07) is 15.3. The predicted molar refractivity (Wildman–Crippen MR) is 132 cm³/mol. The van der Waals surface area contributed by atoms with Gasteiger partial charge >= 0.3 is 0 Å². The Morgan fingerprint density at radius 3 is 2.36 bits per heavy atom. The Hall–Kier alpha value is -3.03. The maximum Gasteiger partial charge on any atom is 0.262 e. The van der Waals surface area contributed by atoms with Crippen molar-refractivity contribution in [2.24, 2.45) is 0 Å². The first-order valence-corrected chi connectivity index (χ1v) is 12.0. The molecule has 4 rings (SSSR count). The molecule has 0 saturated carbocycles. The number of para-hydroxylation sites is 1. The number of anilines is 1. The number of benzene rings is 2. The number of carbonyl (C=O) groups excluding carboxylic acids is 1. The second-order valence-corrected chi connectivity index (χ2v) is 8.83. The van der Waals surface area contributed by atoms with Crippen LogP contribution in [0.3, 0.4) is 0 Å². The number of piperidine rings is 1. The summed E-state index contributed by atoms with van der Waals surface area (Å²) in [5.74, 6) is 1.73. The molecule has 1 aliphatic rings. The van der Waals surface area contributed by atoms with E-state index in [1.54, 1.807) is 32.7 Å². The summed E-state index contributed by atoms with van der Waals surface area (Å²) in [6.07, 6.45) is 1.78. The molecule has 1 saturated heterocycles. The molecule has 0 aliphatic carbocycles. The maximum absolute atomic E-state index is 13.9. The SMILES string of the molecule is COc1ccc(N(C(=O)c2ccccc2OC)C2CCN(Cc3ccsc3)CC2)cc1OC. The molecule has 0 bridgehead atoms. The fourth-order valence-electron chi connectivity index (χ4n) is 4.40. The van der Waals surface area contributed by atoms with Crippen molar-refractivity contribution in [3.8, 4) is 17.2 Å². The van der Waals surface area contributed by atoms with Gasteiger partial charge in [0.05, 0.1) is 26.9 Å². The first-order chi connectivity index (χ1) is 16.1. The number of thiophene rings is 1. The number of hydrogen-bond acceptors (Lipinski definition) is 6. The van der Waals surface area contributed by atoms with Gasteiger partial charge in [-0.1, -0.05) is 12.1 Å². The van der Waals surface area contributed by atoms with Crippen molar-refractivity contribution >= 4 is 22.9 Å². The van der Waals surface area contributed by atoms with Crippen molar-refractivity contribution in [3.05, 3.63) is 70.4 Å². The van der Waals surface area contributed by atoms with Crippen LogP contribution in [-0.4, -0.2) is 51.3 Å². The van der Waals surface area contributed by atoms with E-state index in [0.29, 0.717) is 22.8 Å². The molecule has 1 aliphatic heterocycles. The summed E-state index contributed by atoms with van der Waals surface area (Å²) in [4.78, 5) is 18.2. The van der Waals surface area contributed by atoms with E-state index in [9.17, 15) is 4.79 Å². The highest BCUT2D eigenvalue weighted by Gasteiger charge is 2.31. The van der Waals surface area contributed by atoms with Crippen molar-refractivity contribution in [2.75, 3.05) is 39.3 Å². The molecule has 1 aromatic heterocycles. The van der Waals surface area contributed by atoms with Gasteiger partial charge in [-0.3, -0.25) is 9.69 Å². The van der Waals surface area contributed by atoms with Crippen molar-refractivity contribution in [1.82, 2.24) is 4.90 Å². The molecule has 7 heteroatoms. The molecule has 0 unspecified atom stereocenters. The van der Waals surface area contributed by atoms with Gasteiger partial charge in [-0.05, 0) is 59.5 Å². The normalized spacial score (nSPS) is 14.6. The largest absolute Gasteiger partial charge is 0.496 e. The summed E-state index contributed by atoms with van der Waals surface area (Å²) in [7, 11) is 4.81. The molecular formula is C26H30N2O4S. The van der Waals surface area contributed by atoms with E-state index in [0.717, 1.165) is 38.2 Å². The van der Waals surface area contributed by atoms with Gasteiger partial charge in [0, 0.05) is 37.4 Å². The third-order valence-electron chi connectivity index (χ3n) is 6.11. The summed E-state index contributed by atoms with van der Waals surface area (Å²) in [6.45, 7) is 2.82. The number of nitrogens with zero attached hydrogens (tertiary/aromatic N) is 2. The minimum atomic E-state index is -0.0732. The molecule has 2 aromatic carbocycles. The lowest BCUT2D eigenvalue weighted by Crippen LogP contribution is -2.47. The van der Waals surface area contributed by atoms with Gasteiger partial charge in [-0.15, -0.1) is 0 Å². The first-order valence-electron chi connectivity index (χ1n) is 11.1. The van der Waals surface area contributed by atoms with Crippen LogP contribution in [0.4, 0.5) is 5.69 Å². The fourth-order valence-corrected chi connectivity index (χ4v) is 5.06. The molecule has 0 spiro atoms. The molecule has 2 heterocycles. The Bertz CT molecular complexity index is 1060. The minimum absolute atomic E-state index is 0.0687. The molecule has 0 N–H and O–H groups in total. The van der Waals surface area contributed by atoms with Gasteiger partial charge < -0.3 is 19.1 Å². The van der Waals surface area contributed by atoms with Crippen LogP contribution in [0, 0.1) is 0 Å². The van der Waals surface area contributed by atoms with Crippen LogP contribution in [0.1, 0.15) is 28.8 Å². The molecule has 0 atom stereocenters. The number of rotatable bonds is 8. The zero-order valence-electron chi connectivity index (χ0n) is 19.3. The second-order valence-electron chi connectivity index (χ2n) is 8.05. The number of carbonyl (C=O) groups is 1. The van der Waals surface area contributed by atoms with E-state index in [1.807, 2.05) is 47.4 Å². The van der Waals surface area contributed by atoms with Crippen molar-refractivity contribution in [2.45, 2.75) is 25.4 Å². The lowest BCUT2D eigenvalue weighted by molar-refractivity contribution is 0.0955. The van der Waals surface area contributed by atoms with E-state index < -0.39 is 0 Å². The van der Waals surface area contributed by atoms with E-state index in [4.69, 9.17) is 14.2 Å². The lowest BCUT2D eigenvalue weighted by Gasteiger charge is -2.39. The van der Waals surface area contributed by atoms with Gasteiger partial charge in [-0.25, -0.2) is 0 Å². The van der Waals surface area contributed by atoms with Crippen molar-refractivity contribution < 1.29 is 19.0 Å². The quantitative estimate of drug-likeness (QED) is 0.463. The first kappa shape index (κ1) is 23.1. The lowest BCUT2D eigenvalue weighted by atomic mass is 10.00. The highest BCUT2D eigenvalue weighted by molar-refractivity contribution is 7.07. The molecule has 174 valence electrons. The van der Waals surface area contributed by atoms with Crippen LogP contribution in [0.15, 0.2) is 59.3 Å². The summed E-state index contributed by atoms with van der Waals surface area (Å²) in [5.41, 5.74) is 2.69.